The van der Waals surface area contributed by atoms with E-state index in [0.29, 0.717) is 16.9 Å². The van der Waals surface area contributed by atoms with E-state index in [1.165, 1.54) is 22.9 Å². The molecule has 5 rings (SSSR count). The average Bonchev–Trinajstić information content (AvgIpc) is 3.51. The van der Waals surface area contributed by atoms with Crippen LogP contribution in [0.4, 0.5) is 0 Å². The van der Waals surface area contributed by atoms with Crippen LogP contribution in [0.25, 0.3) is 6.08 Å². The number of benzene rings is 2. The SMILES string of the molecule is Cc1ccc(OCCCn2cccc2/C=C2/C(=N)N3C(SCc4ccccc4)=NSC3=NC2=O)cc1. The van der Waals surface area contributed by atoms with E-state index in [4.69, 9.17) is 10.1 Å². The minimum absolute atomic E-state index is 0.102. The molecule has 0 atom stereocenters. The van der Waals surface area contributed by atoms with Gasteiger partial charge in [-0.15, -0.1) is 0 Å². The van der Waals surface area contributed by atoms with Crippen LogP contribution in [0.1, 0.15) is 23.2 Å². The zero-order valence-corrected chi connectivity index (χ0v) is 21.4. The minimum atomic E-state index is -0.418. The summed E-state index contributed by atoms with van der Waals surface area (Å²) in [6.07, 6.45) is 4.52. The number of nitrogens with one attached hydrogen (secondary N) is 1. The van der Waals surface area contributed by atoms with Gasteiger partial charge in [-0.05, 0) is 49.2 Å². The number of aryl methyl sites for hydroxylation is 2. The Balaban J connectivity index is 1.24. The monoisotopic (exact) mass is 515 g/mol. The van der Waals surface area contributed by atoms with Gasteiger partial charge in [0.1, 0.15) is 11.6 Å². The van der Waals surface area contributed by atoms with Gasteiger partial charge < -0.3 is 9.30 Å². The van der Waals surface area contributed by atoms with E-state index in [9.17, 15) is 4.79 Å². The minimum Gasteiger partial charge on any atom is -0.494 e. The van der Waals surface area contributed by atoms with E-state index in [0.717, 1.165) is 42.1 Å². The fraction of sp³-hybridized carbons (Fsp3) is 0.185. The molecule has 0 radical (unpaired) electrons. The fourth-order valence-electron chi connectivity index (χ4n) is 3.79. The number of hydrogen-bond donors (Lipinski definition) is 1. The number of amides is 1. The van der Waals surface area contributed by atoms with Crippen molar-refractivity contribution >= 4 is 51.9 Å². The summed E-state index contributed by atoms with van der Waals surface area (Å²) in [4.78, 5) is 18.7. The van der Waals surface area contributed by atoms with Gasteiger partial charge in [-0.3, -0.25) is 10.2 Å². The van der Waals surface area contributed by atoms with E-state index < -0.39 is 5.91 Å². The predicted octanol–water partition coefficient (Wildman–Crippen LogP) is 5.78. The van der Waals surface area contributed by atoms with E-state index in [-0.39, 0.29) is 11.4 Å². The second-order valence-electron chi connectivity index (χ2n) is 8.32. The Labute approximate surface area is 218 Å². The Kier molecular flexibility index (Phi) is 7.39. The van der Waals surface area contributed by atoms with Crippen molar-refractivity contribution in [1.29, 1.82) is 5.41 Å². The van der Waals surface area contributed by atoms with Gasteiger partial charge in [0, 0.05) is 24.2 Å². The highest BCUT2D eigenvalue weighted by Crippen LogP contribution is 2.33. The standard InChI is InChI=1S/C27H25N5O2S2/c1-19-10-12-22(13-11-19)34-16-6-15-31-14-5-9-21(31)17-23-24(28)32-26(29-25(23)33)36-30-27(32)35-18-20-7-3-2-4-8-20/h2-5,7-14,17,28H,6,15-16,18H2,1H3/b23-17-,28-24?. The number of rotatable bonds is 8. The molecule has 3 heterocycles. The van der Waals surface area contributed by atoms with Crippen LogP contribution in [0.5, 0.6) is 5.75 Å². The van der Waals surface area contributed by atoms with E-state index in [1.807, 2.05) is 60.8 Å². The summed E-state index contributed by atoms with van der Waals surface area (Å²) in [5.74, 6) is 1.26. The Bertz CT molecular complexity index is 1360. The van der Waals surface area contributed by atoms with Gasteiger partial charge in [-0.2, -0.15) is 9.39 Å². The lowest BCUT2D eigenvalue weighted by atomic mass is 10.1. The lowest BCUT2D eigenvalue weighted by Gasteiger charge is -2.24. The maximum absolute atomic E-state index is 12.8. The maximum atomic E-state index is 12.8. The molecule has 182 valence electrons. The van der Waals surface area contributed by atoms with Crippen LogP contribution in [0.3, 0.4) is 0 Å². The summed E-state index contributed by atoms with van der Waals surface area (Å²) in [6.45, 7) is 3.37. The van der Waals surface area contributed by atoms with Crippen LogP contribution in [-0.2, 0) is 17.1 Å². The molecule has 0 saturated heterocycles. The normalized spacial score (nSPS) is 16.2. The highest BCUT2D eigenvalue weighted by Gasteiger charge is 2.37. The number of hydrogen-bond acceptors (Lipinski definition) is 6. The Morgan fingerprint density at radius 2 is 1.89 bits per heavy atom. The van der Waals surface area contributed by atoms with Gasteiger partial charge in [0.05, 0.1) is 24.1 Å². The Morgan fingerprint density at radius 3 is 2.69 bits per heavy atom. The molecule has 3 aromatic rings. The summed E-state index contributed by atoms with van der Waals surface area (Å²) in [6, 6.07) is 22.0. The van der Waals surface area contributed by atoms with Crippen molar-refractivity contribution in [2.24, 2.45) is 9.39 Å². The van der Waals surface area contributed by atoms with Gasteiger partial charge in [0.15, 0.2) is 5.17 Å². The lowest BCUT2D eigenvalue weighted by molar-refractivity contribution is -0.114. The van der Waals surface area contributed by atoms with Crippen LogP contribution < -0.4 is 4.74 Å². The second-order valence-corrected chi connectivity index (χ2v) is 10.00. The molecule has 36 heavy (non-hydrogen) atoms. The quantitative estimate of drug-likeness (QED) is 0.234. The van der Waals surface area contributed by atoms with Crippen LogP contribution >= 0.6 is 23.7 Å². The van der Waals surface area contributed by atoms with Crippen molar-refractivity contribution in [3.63, 3.8) is 0 Å². The highest BCUT2D eigenvalue weighted by atomic mass is 32.2. The fourth-order valence-corrected chi connectivity index (χ4v) is 5.59. The molecule has 0 unspecified atom stereocenters. The van der Waals surface area contributed by atoms with E-state index in [1.54, 1.807) is 11.0 Å². The molecule has 1 amide bonds. The molecule has 2 aliphatic rings. The van der Waals surface area contributed by atoms with Gasteiger partial charge >= 0.3 is 0 Å². The Hall–Kier alpha value is -3.56. The van der Waals surface area contributed by atoms with Crippen molar-refractivity contribution in [3.8, 4) is 5.75 Å². The smallest absolute Gasteiger partial charge is 0.283 e. The lowest BCUT2D eigenvalue weighted by Crippen LogP contribution is -2.41. The maximum Gasteiger partial charge on any atom is 0.283 e. The van der Waals surface area contributed by atoms with Crippen molar-refractivity contribution in [3.05, 3.63) is 95.3 Å². The number of amidine groups is 3. The average molecular weight is 516 g/mol. The first-order valence-electron chi connectivity index (χ1n) is 11.6. The van der Waals surface area contributed by atoms with Crippen molar-refractivity contribution in [1.82, 2.24) is 9.47 Å². The largest absolute Gasteiger partial charge is 0.494 e. The summed E-state index contributed by atoms with van der Waals surface area (Å²) in [7, 11) is 0. The second kappa shape index (κ2) is 11.0. The molecule has 1 N–H and O–H groups in total. The number of aromatic nitrogens is 1. The van der Waals surface area contributed by atoms with Gasteiger partial charge in [0.2, 0.25) is 5.17 Å². The molecular formula is C27H25N5O2S2. The molecule has 2 aromatic carbocycles. The number of aliphatic imine (C=N–C) groups is 1. The molecule has 1 aromatic heterocycles. The van der Waals surface area contributed by atoms with Gasteiger partial charge in [-0.1, -0.05) is 59.8 Å². The topological polar surface area (TPSA) is 83.0 Å². The summed E-state index contributed by atoms with van der Waals surface area (Å²) in [5, 5.41) is 9.88. The van der Waals surface area contributed by atoms with Crippen molar-refractivity contribution < 1.29 is 9.53 Å². The third kappa shape index (κ3) is 5.47. The predicted molar refractivity (Wildman–Crippen MR) is 148 cm³/mol. The zero-order chi connectivity index (χ0) is 24.9. The highest BCUT2D eigenvalue weighted by molar-refractivity contribution is 8.18. The van der Waals surface area contributed by atoms with Crippen LogP contribution in [-0.4, -0.2) is 38.2 Å². The first kappa shape index (κ1) is 24.1. The summed E-state index contributed by atoms with van der Waals surface area (Å²) >= 11 is 2.67. The number of carbonyl (C=O) groups excluding carboxylic acids is 1. The summed E-state index contributed by atoms with van der Waals surface area (Å²) in [5.41, 5.74) is 3.47. The molecule has 2 aliphatic heterocycles. The molecule has 7 nitrogen and oxygen atoms in total. The molecular weight excluding hydrogens is 490 g/mol. The number of ether oxygens (including phenoxy) is 1. The zero-order valence-electron chi connectivity index (χ0n) is 19.8. The molecule has 9 heteroatoms. The Morgan fingerprint density at radius 1 is 1.08 bits per heavy atom. The van der Waals surface area contributed by atoms with Gasteiger partial charge in [0.25, 0.3) is 5.91 Å². The first-order valence-corrected chi connectivity index (χ1v) is 13.3. The van der Waals surface area contributed by atoms with Crippen LogP contribution in [0, 0.1) is 12.3 Å². The molecule has 0 aliphatic carbocycles. The van der Waals surface area contributed by atoms with E-state index >= 15 is 0 Å². The van der Waals surface area contributed by atoms with Crippen molar-refractivity contribution in [2.75, 3.05) is 6.61 Å². The van der Waals surface area contributed by atoms with Gasteiger partial charge in [-0.25, -0.2) is 4.90 Å². The number of carbonyl (C=O) groups is 1. The molecule has 0 saturated carbocycles. The van der Waals surface area contributed by atoms with E-state index in [2.05, 4.69) is 33.0 Å². The van der Waals surface area contributed by atoms with Crippen molar-refractivity contribution in [2.45, 2.75) is 25.6 Å². The number of fused-ring (bicyclic) bond motifs is 1. The summed E-state index contributed by atoms with van der Waals surface area (Å²) < 4.78 is 12.4. The van der Waals surface area contributed by atoms with Crippen LogP contribution in [0.2, 0.25) is 0 Å². The molecule has 0 bridgehead atoms. The molecule has 0 fully saturated rings. The first-order chi connectivity index (χ1) is 17.6. The third-order valence-corrected chi connectivity index (χ3v) is 7.52. The number of nitrogens with zero attached hydrogens (tertiary/aromatic N) is 4. The molecule has 0 spiro atoms. The van der Waals surface area contributed by atoms with Crippen LogP contribution in [0.15, 0.2) is 87.9 Å². The third-order valence-electron chi connectivity index (χ3n) is 5.69. The number of thioether (sulfide) groups is 1.